The highest BCUT2D eigenvalue weighted by Crippen LogP contribution is 2.05. The zero-order chi connectivity index (χ0) is 7.11. The summed E-state index contributed by atoms with van der Waals surface area (Å²) in [6.07, 6.45) is 9.13. The highest BCUT2D eigenvalue weighted by atomic mass is 127. The Hall–Kier alpha value is -0.0500. The lowest BCUT2D eigenvalue weighted by molar-refractivity contribution is 1.22. The van der Waals surface area contributed by atoms with Crippen molar-refractivity contribution in [1.82, 2.24) is 0 Å². The van der Waals surface area contributed by atoms with Crippen LogP contribution in [0.25, 0.3) is 0 Å². The van der Waals surface area contributed by atoms with Crippen LogP contribution in [0.15, 0.2) is 34.5 Å². The van der Waals surface area contributed by atoms with E-state index in [1.165, 1.54) is 3.58 Å². The summed E-state index contributed by atoms with van der Waals surface area (Å²) in [5.74, 6) is 0. The Morgan fingerprint density at radius 2 is 2.33 bits per heavy atom. The van der Waals surface area contributed by atoms with Crippen molar-refractivity contribution >= 4 is 22.6 Å². The summed E-state index contributed by atoms with van der Waals surface area (Å²) in [7, 11) is 0. The summed E-state index contributed by atoms with van der Waals surface area (Å²) in [5, 5.41) is 0. The molecule has 50 valence electrons. The predicted molar refractivity (Wildman–Crippen MR) is 51.7 cm³/mol. The van der Waals surface area contributed by atoms with Gasteiger partial charge in [-0.1, -0.05) is 31.7 Å². The van der Waals surface area contributed by atoms with Gasteiger partial charge in [0.15, 0.2) is 0 Å². The Kier molecular flexibility index (Phi) is 6.04. The SMILES string of the molecule is C=C/C(I)=C\C=C\CC. The fourth-order valence-corrected chi connectivity index (χ4v) is 0.572. The van der Waals surface area contributed by atoms with Crippen molar-refractivity contribution in [1.29, 1.82) is 0 Å². The summed E-state index contributed by atoms with van der Waals surface area (Å²) in [6.45, 7) is 5.75. The molecule has 0 bridgehead atoms. The van der Waals surface area contributed by atoms with E-state index in [0.29, 0.717) is 0 Å². The summed E-state index contributed by atoms with van der Waals surface area (Å²) < 4.78 is 1.18. The van der Waals surface area contributed by atoms with E-state index in [4.69, 9.17) is 0 Å². The minimum atomic E-state index is 1.09. The first kappa shape index (κ1) is 8.95. The maximum absolute atomic E-state index is 3.63. The lowest BCUT2D eigenvalue weighted by atomic mass is 10.4. The third-order valence-corrected chi connectivity index (χ3v) is 1.62. The average molecular weight is 234 g/mol. The van der Waals surface area contributed by atoms with Crippen molar-refractivity contribution in [2.45, 2.75) is 13.3 Å². The predicted octanol–water partition coefficient (Wildman–Crippen LogP) is 3.46. The molecule has 0 saturated carbocycles. The van der Waals surface area contributed by atoms with E-state index in [9.17, 15) is 0 Å². The van der Waals surface area contributed by atoms with Crippen LogP contribution in [0.4, 0.5) is 0 Å². The number of rotatable bonds is 3. The second kappa shape index (κ2) is 6.08. The molecule has 0 aliphatic carbocycles. The van der Waals surface area contributed by atoms with Gasteiger partial charge in [0.05, 0.1) is 0 Å². The van der Waals surface area contributed by atoms with Crippen LogP contribution in [0.1, 0.15) is 13.3 Å². The molecule has 0 aromatic heterocycles. The van der Waals surface area contributed by atoms with Gasteiger partial charge < -0.3 is 0 Å². The molecule has 0 aromatic rings. The van der Waals surface area contributed by atoms with Gasteiger partial charge in [0, 0.05) is 3.58 Å². The summed E-state index contributed by atoms with van der Waals surface area (Å²) in [6, 6.07) is 0. The fourth-order valence-electron chi connectivity index (χ4n) is 0.364. The molecule has 0 saturated heterocycles. The van der Waals surface area contributed by atoms with Crippen LogP contribution in [0.5, 0.6) is 0 Å². The van der Waals surface area contributed by atoms with Crippen LogP contribution in [-0.4, -0.2) is 0 Å². The van der Waals surface area contributed by atoms with Crippen LogP contribution < -0.4 is 0 Å². The van der Waals surface area contributed by atoms with Gasteiger partial charge in [0.1, 0.15) is 0 Å². The molecule has 0 unspecified atom stereocenters. The minimum Gasteiger partial charge on any atom is -0.0980 e. The van der Waals surface area contributed by atoms with Crippen molar-refractivity contribution < 1.29 is 0 Å². The second-order valence-electron chi connectivity index (χ2n) is 1.59. The zero-order valence-corrected chi connectivity index (χ0v) is 7.76. The molecule has 1 heteroatoms. The van der Waals surface area contributed by atoms with Gasteiger partial charge in [-0.25, -0.2) is 0 Å². The molecule has 0 radical (unpaired) electrons. The molecule has 0 amide bonds. The van der Waals surface area contributed by atoms with Gasteiger partial charge in [-0.2, -0.15) is 0 Å². The summed E-state index contributed by atoms with van der Waals surface area (Å²) >= 11 is 2.24. The highest BCUT2D eigenvalue weighted by molar-refractivity contribution is 14.1. The van der Waals surface area contributed by atoms with Gasteiger partial charge in [0.25, 0.3) is 0 Å². The number of allylic oxidation sites excluding steroid dienone is 5. The first-order valence-corrected chi connectivity index (χ1v) is 4.04. The third kappa shape index (κ3) is 5.83. The van der Waals surface area contributed by atoms with Gasteiger partial charge in [-0.3, -0.25) is 0 Å². The molecule has 0 aliphatic heterocycles. The molecule has 0 aromatic carbocycles. The topological polar surface area (TPSA) is 0 Å². The monoisotopic (exact) mass is 234 g/mol. The van der Waals surface area contributed by atoms with E-state index < -0.39 is 0 Å². The molecule has 0 rings (SSSR count). The van der Waals surface area contributed by atoms with Gasteiger partial charge in [0.2, 0.25) is 0 Å². The van der Waals surface area contributed by atoms with Crippen LogP contribution in [0.3, 0.4) is 0 Å². The largest absolute Gasteiger partial charge is 0.0980 e. The Bertz CT molecular complexity index is 132. The van der Waals surface area contributed by atoms with Crippen molar-refractivity contribution in [3.8, 4) is 0 Å². The van der Waals surface area contributed by atoms with Crippen molar-refractivity contribution in [3.63, 3.8) is 0 Å². The van der Waals surface area contributed by atoms with E-state index in [1.54, 1.807) is 0 Å². The zero-order valence-electron chi connectivity index (χ0n) is 5.60. The molecule has 0 nitrogen and oxygen atoms in total. The second-order valence-corrected chi connectivity index (χ2v) is 2.84. The third-order valence-electron chi connectivity index (χ3n) is 0.822. The molecule has 0 heterocycles. The highest BCUT2D eigenvalue weighted by Gasteiger charge is 1.74. The lowest BCUT2D eigenvalue weighted by Gasteiger charge is -1.80. The van der Waals surface area contributed by atoms with Crippen LogP contribution >= 0.6 is 22.6 Å². The Balaban J connectivity index is 3.68. The normalized spacial score (nSPS) is 12.4. The minimum absolute atomic E-state index is 1.09. The van der Waals surface area contributed by atoms with Crippen LogP contribution in [-0.2, 0) is 0 Å². The molecule has 9 heavy (non-hydrogen) atoms. The van der Waals surface area contributed by atoms with Crippen LogP contribution in [0, 0.1) is 0 Å². The number of hydrogen-bond acceptors (Lipinski definition) is 0. The van der Waals surface area contributed by atoms with Gasteiger partial charge in [-0.05, 0) is 35.1 Å². The lowest BCUT2D eigenvalue weighted by Crippen LogP contribution is -1.56. The van der Waals surface area contributed by atoms with Gasteiger partial charge >= 0.3 is 0 Å². The van der Waals surface area contributed by atoms with Crippen molar-refractivity contribution in [3.05, 3.63) is 34.5 Å². The first-order chi connectivity index (χ1) is 4.31. The standard InChI is InChI=1S/C8H11I/c1-3-5-6-7-8(9)4-2/h4-7H,2-3H2,1H3/b6-5+,8-7+. The average Bonchev–Trinajstić information content (AvgIpc) is 1.89. The fraction of sp³-hybridized carbons (Fsp3) is 0.250. The molecular weight excluding hydrogens is 223 g/mol. The summed E-state index contributed by atoms with van der Waals surface area (Å²) in [4.78, 5) is 0. The first-order valence-electron chi connectivity index (χ1n) is 2.96. The van der Waals surface area contributed by atoms with E-state index in [-0.39, 0.29) is 0 Å². The van der Waals surface area contributed by atoms with E-state index >= 15 is 0 Å². The van der Waals surface area contributed by atoms with E-state index in [0.717, 1.165) is 6.42 Å². The maximum Gasteiger partial charge on any atom is 0.0124 e. The van der Waals surface area contributed by atoms with Gasteiger partial charge in [-0.15, -0.1) is 0 Å². The number of hydrogen-bond donors (Lipinski definition) is 0. The van der Waals surface area contributed by atoms with E-state index in [1.807, 2.05) is 18.2 Å². The summed E-state index contributed by atoms with van der Waals surface area (Å²) in [5.41, 5.74) is 0. The van der Waals surface area contributed by atoms with Crippen LogP contribution in [0.2, 0.25) is 0 Å². The molecule has 0 atom stereocenters. The maximum atomic E-state index is 3.63. The smallest absolute Gasteiger partial charge is 0.0124 e. The van der Waals surface area contributed by atoms with Crippen molar-refractivity contribution in [2.75, 3.05) is 0 Å². The number of halogens is 1. The Morgan fingerprint density at radius 1 is 1.67 bits per heavy atom. The quantitative estimate of drug-likeness (QED) is 0.518. The molecule has 0 aliphatic rings. The Labute approximate surface area is 70.5 Å². The Morgan fingerprint density at radius 3 is 2.78 bits per heavy atom. The van der Waals surface area contributed by atoms with Crippen molar-refractivity contribution in [2.24, 2.45) is 0 Å². The molecular formula is C8H11I. The molecule has 0 N–H and O–H groups in total. The molecule has 0 spiro atoms. The van der Waals surface area contributed by atoms with E-state index in [2.05, 4.69) is 42.2 Å². The molecule has 0 fully saturated rings.